The second kappa shape index (κ2) is 5.51. The molecule has 0 saturated heterocycles. The number of rotatable bonds is 4. The summed E-state index contributed by atoms with van der Waals surface area (Å²) in [4.78, 5) is 10.3. The number of hydrogen-bond donors (Lipinski definition) is 1. The summed E-state index contributed by atoms with van der Waals surface area (Å²) in [6, 6.07) is 2.10. The van der Waals surface area contributed by atoms with Gasteiger partial charge in [0.25, 0.3) is 0 Å². The van der Waals surface area contributed by atoms with Crippen molar-refractivity contribution in [2.45, 2.75) is 6.42 Å². The van der Waals surface area contributed by atoms with Gasteiger partial charge in [0.2, 0.25) is 5.95 Å². The van der Waals surface area contributed by atoms with Gasteiger partial charge in [-0.3, -0.25) is 0 Å². The summed E-state index contributed by atoms with van der Waals surface area (Å²) in [5, 5.41) is 11.4. The standard InChI is InChI=1S/C9H12BrN5/c1-12-9-13-6-7(10)8(14-9)15(2)5-3-4-11/h6H,3,5H2,1-2H3,(H,12,13,14). The van der Waals surface area contributed by atoms with E-state index in [0.717, 1.165) is 10.3 Å². The zero-order chi connectivity index (χ0) is 11.3. The fourth-order valence-electron chi connectivity index (χ4n) is 1.07. The van der Waals surface area contributed by atoms with Crippen molar-refractivity contribution in [2.24, 2.45) is 0 Å². The Balaban J connectivity index is 2.87. The minimum Gasteiger partial charge on any atom is -0.358 e. The highest BCUT2D eigenvalue weighted by molar-refractivity contribution is 9.10. The van der Waals surface area contributed by atoms with E-state index in [0.29, 0.717) is 18.9 Å². The lowest BCUT2D eigenvalue weighted by Crippen LogP contribution is -2.20. The van der Waals surface area contributed by atoms with Gasteiger partial charge in [0.1, 0.15) is 5.82 Å². The molecule has 0 fully saturated rings. The van der Waals surface area contributed by atoms with Crippen LogP contribution in [0.3, 0.4) is 0 Å². The molecule has 0 aliphatic heterocycles. The predicted molar refractivity (Wildman–Crippen MR) is 62.8 cm³/mol. The minimum atomic E-state index is 0.474. The van der Waals surface area contributed by atoms with Gasteiger partial charge in [0.05, 0.1) is 17.0 Å². The lowest BCUT2D eigenvalue weighted by molar-refractivity contribution is 0.876. The van der Waals surface area contributed by atoms with Crippen LogP contribution < -0.4 is 10.2 Å². The van der Waals surface area contributed by atoms with Gasteiger partial charge in [-0.1, -0.05) is 0 Å². The second-order valence-corrected chi connectivity index (χ2v) is 3.80. The summed E-state index contributed by atoms with van der Waals surface area (Å²) < 4.78 is 0.821. The van der Waals surface area contributed by atoms with E-state index in [1.54, 1.807) is 13.2 Å². The van der Waals surface area contributed by atoms with Crippen molar-refractivity contribution < 1.29 is 0 Å². The van der Waals surface area contributed by atoms with Gasteiger partial charge in [0.15, 0.2) is 0 Å². The van der Waals surface area contributed by atoms with Crippen molar-refractivity contribution in [1.29, 1.82) is 5.26 Å². The molecule has 0 aliphatic carbocycles. The molecule has 0 saturated carbocycles. The number of anilines is 2. The Morgan fingerprint density at radius 3 is 3.00 bits per heavy atom. The minimum absolute atomic E-state index is 0.474. The summed E-state index contributed by atoms with van der Waals surface area (Å²) in [6.07, 6.45) is 2.17. The number of hydrogen-bond acceptors (Lipinski definition) is 5. The highest BCUT2D eigenvalue weighted by Crippen LogP contribution is 2.23. The average Bonchev–Trinajstić information content (AvgIpc) is 2.26. The lowest BCUT2D eigenvalue weighted by atomic mass is 10.4. The number of nitrogens with one attached hydrogen (secondary N) is 1. The lowest BCUT2D eigenvalue weighted by Gasteiger charge is -2.18. The van der Waals surface area contributed by atoms with Crippen molar-refractivity contribution in [1.82, 2.24) is 9.97 Å². The van der Waals surface area contributed by atoms with Crippen LogP contribution in [0.4, 0.5) is 11.8 Å². The second-order valence-electron chi connectivity index (χ2n) is 2.94. The summed E-state index contributed by atoms with van der Waals surface area (Å²) in [5.74, 6) is 1.35. The van der Waals surface area contributed by atoms with E-state index >= 15 is 0 Å². The van der Waals surface area contributed by atoms with Crippen LogP contribution in [0.25, 0.3) is 0 Å². The van der Waals surface area contributed by atoms with Crippen LogP contribution in [-0.2, 0) is 0 Å². The van der Waals surface area contributed by atoms with Crippen LogP contribution in [0, 0.1) is 11.3 Å². The van der Waals surface area contributed by atoms with E-state index in [2.05, 4.69) is 37.3 Å². The van der Waals surface area contributed by atoms with Gasteiger partial charge in [-0.15, -0.1) is 0 Å². The SMILES string of the molecule is CNc1ncc(Br)c(N(C)CCC#N)n1. The molecular weight excluding hydrogens is 258 g/mol. The van der Waals surface area contributed by atoms with Crippen LogP contribution in [-0.4, -0.2) is 30.6 Å². The Labute approximate surface area is 97.3 Å². The smallest absolute Gasteiger partial charge is 0.224 e. The topological polar surface area (TPSA) is 64.8 Å². The summed E-state index contributed by atoms with van der Waals surface area (Å²) in [5.41, 5.74) is 0. The molecule has 6 heteroatoms. The molecule has 1 heterocycles. The molecule has 1 rings (SSSR count). The van der Waals surface area contributed by atoms with Crippen molar-refractivity contribution in [3.63, 3.8) is 0 Å². The summed E-state index contributed by atoms with van der Waals surface area (Å²) >= 11 is 3.37. The van der Waals surface area contributed by atoms with Crippen LogP contribution in [0.5, 0.6) is 0 Å². The van der Waals surface area contributed by atoms with Crippen LogP contribution in [0.1, 0.15) is 6.42 Å². The van der Waals surface area contributed by atoms with Gasteiger partial charge in [0, 0.05) is 26.8 Å². The normalized spacial score (nSPS) is 9.47. The first-order valence-electron chi connectivity index (χ1n) is 4.47. The molecule has 1 aromatic rings. The fourth-order valence-corrected chi connectivity index (χ4v) is 1.56. The number of halogens is 1. The molecule has 0 radical (unpaired) electrons. The third-order valence-corrected chi connectivity index (χ3v) is 2.43. The largest absolute Gasteiger partial charge is 0.358 e. The highest BCUT2D eigenvalue weighted by atomic mass is 79.9. The molecule has 0 spiro atoms. The molecule has 5 nitrogen and oxygen atoms in total. The molecule has 0 bridgehead atoms. The molecule has 15 heavy (non-hydrogen) atoms. The Kier molecular flexibility index (Phi) is 4.31. The maximum Gasteiger partial charge on any atom is 0.224 e. The van der Waals surface area contributed by atoms with E-state index in [4.69, 9.17) is 5.26 Å². The molecule has 0 aliphatic rings. The molecule has 0 amide bonds. The first-order valence-corrected chi connectivity index (χ1v) is 5.26. The molecule has 0 unspecified atom stereocenters. The molecule has 80 valence electrons. The van der Waals surface area contributed by atoms with Gasteiger partial charge in [-0.2, -0.15) is 10.2 Å². The van der Waals surface area contributed by atoms with E-state index in [-0.39, 0.29) is 0 Å². The molecule has 1 aromatic heterocycles. The molecule has 0 aromatic carbocycles. The molecular formula is C9H12BrN5. The Bertz CT molecular complexity index is 373. The maximum absolute atomic E-state index is 8.50. The van der Waals surface area contributed by atoms with Crippen molar-refractivity contribution in [2.75, 3.05) is 30.9 Å². The van der Waals surface area contributed by atoms with Crippen molar-refractivity contribution in [3.05, 3.63) is 10.7 Å². The van der Waals surface area contributed by atoms with Crippen molar-refractivity contribution in [3.8, 4) is 6.07 Å². The monoisotopic (exact) mass is 269 g/mol. The first-order chi connectivity index (χ1) is 7.19. The number of aromatic nitrogens is 2. The highest BCUT2D eigenvalue weighted by Gasteiger charge is 2.08. The Hall–Kier alpha value is -1.35. The summed E-state index contributed by atoms with van der Waals surface area (Å²) in [6.45, 7) is 0.648. The van der Waals surface area contributed by atoms with E-state index in [1.165, 1.54) is 0 Å². The Morgan fingerprint density at radius 2 is 2.40 bits per heavy atom. The Morgan fingerprint density at radius 1 is 1.67 bits per heavy atom. The molecule has 1 N–H and O–H groups in total. The van der Waals surface area contributed by atoms with Crippen LogP contribution in [0.2, 0.25) is 0 Å². The number of nitriles is 1. The van der Waals surface area contributed by atoms with Gasteiger partial charge >= 0.3 is 0 Å². The average molecular weight is 270 g/mol. The number of nitrogens with zero attached hydrogens (tertiary/aromatic N) is 4. The quantitative estimate of drug-likeness (QED) is 0.900. The van der Waals surface area contributed by atoms with Gasteiger partial charge < -0.3 is 10.2 Å². The van der Waals surface area contributed by atoms with Gasteiger partial charge in [-0.05, 0) is 15.9 Å². The summed E-state index contributed by atoms with van der Waals surface area (Å²) in [7, 11) is 3.66. The third-order valence-electron chi connectivity index (χ3n) is 1.87. The first kappa shape index (κ1) is 11.7. The van der Waals surface area contributed by atoms with Crippen LogP contribution >= 0.6 is 15.9 Å². The van der Waals surface area contributed by atoms with E-state index in [9.17, 15) is 0 Å². The molecule has 0 atom stereocenters. The van der Waals surface area contributed by atoms with Crippen molar-refractivity contribution >= 4 is 27.7 Å². The van der Waals surface area contributed by atoms with Crippen LogP contribution in [0.15, 0.2) is 10.7 Å². The fraction of sp³-hybridized carbons (Fsp3) is 0.444. The van der Waals surface area contributed by atoms with Gasteiger partial charge in [-0.25, -0.2) is 4.98 Å². The van der Waals surface area contributed by atoms with E-state index in [1.807, 2.05) is 11.9 Å². The van der Waals surface area contributed by atoms with E-state index < -0.39 is 0 Å². The maximum atomic E-state index is 8.50. The zero-order valence-corrected chi connectivity index (χ0v) is 10.2. The third kappa shape index (κ3) is 3.06. The zero-order valence-electron chi connectivity index (χ0n) is 8.66. The predicted octanol–water partition coefficient (Wildman–Crippen LogP) is 1.63.